The normalized spacial score (nSPS) is 14.6. The Balaban J connectivity index is 2.08. The van der Waals surface area contributed by atoms with E-state index in [0.717, 1.165) is 12.8 Å². The summed E-state index contributed by atoms with van der Waals surface area (Å²) in [4.78, 5) is 26.1. The van der Waals surface area contributed by atoms with Gasteiger partial charge < -0.3 is 15.0 Å². The highest BCUT2D eigenvalue weighted by atomic mass is 35.5. The topological polar surface area (TPSA) is 58.6 Å². The Morgan fingerprint density at radius 3 is 2.03 bits per heavy atom. The number of hydrogen-bond donors (Lipinski definition) is 1. The van der Waals surface area contributed by atoms with Gasteiger partial charge in [-0.15, -0.1) is 0 Å². The predicted octanol–water partition coefficient (Wildman–Crippen LogP) is 6.82. The van der Waals surface area contributed by atoms with Crippen LogP contribution in [-0.4, -0.2) is 36.1 Å². The van der Waals surface area contributed by atoms with Gasteiger partial charge in [0.25, 0.3) is 5.91 Å². The Kier molecular flexibility index (Phi) is 16.1. The molecule has 1 N–H and O–H groups in total. The van der Waals surface area contributed by atoms with Gasteiger partial charge in [0.2, 0.25) is 0 Å². The Morgan fingerprint density at radius 2 is 1.50 bits per heavy atom. The molecule has 1 unspecified atom stereocenters. The SMILES string of the molecule is CCCCCCCCCCCCCCCC(=O)OC(C)N1C=CC(Cl)=C(C(=O)NCC)C1. The highest BCUT2D eigenvalue weighted by Crippen LogP contribution is 2.21. The van der Waals surface area contributed by atoms with Gasteiger partial charge in [-0.05, 0) is 26.3 Å². The van der Waals surface area contributed by atoms with Crippen molar-refractivity contribution in [1.29, 1.82) is 0 Å². The smallest absolute Gasteiger partial charge is 0.307 e. The van der Waals surface area contributed by atoms with Crippen LogP contribution in [0.1, 0.15) is 111 Å². The number of allylic oxidation sites excluding steroid dienone is 2. The van der Waals surface area contributed by atoms with Crippen molar-refractivity contribution < 1.29 is 14.3 Å². The van der Waals surface area contributed by atoms with Crippen molar-refractivity contribution in [1.82, 2.24) is 10.2 Å². The molecule has 184 valence electrons. The molecular weight excluding hydrogens is 424 g/mol. The summed E-state index contributed by atoms with van der Waals surface area (Å²) in [6, 6.07) is 0. The van der Waals surface area contributed by atoms with Crippen LogP contribution in [0.2, 0.25) is 0 Å². The summed E-state index contributed by atoms with van der Waals surface area (Å²) >= 11 is 6.16. The van der Waals surface area contributed by atoms with Gasteiger partial charge in [0.15, 0.2) is 6.23 Å². The van der Waals surface area contributed by atoms with Crippen LogP contribution < -0.4 is 5.32 Å². The molecule has 6 heteroatoms. The molecule has 1 aliphatic rings. The van der Waals surface area contributed by atoms with Crippen LogP contribution in [0.5, 0.6) is 0 Å². The average molecular weight is 469 g/mol. The zero-order chi connectivity index (χ0) is 23.6. The van der Waals surface area contributed by atoms with Crippen molar-refractivity contribution >= 4 is 23.5 Å². The van der Waals surface area contributed by atoms with Gasteiger partial charge in [0.05, 0.1) is 17.2 Å². The molecule has 1 rings (SSSR count). The molecule has 0 aromatic rings. The van der Waals surface area contributed by atoms with E-state index in [1.54, 1.807) is 12.3 Å². The lowest BCUT2D eigenvalue weighted by atomic mass is 10.0. The fourth-order valence-electron chi connectivity index (χ4n) is 3.87. The number of likely N-dealkylation sites (N-methyl/N-ethyl adjacent to an activating group) is 1. The molecule has 0 radical (unpaired) electrons. The van der Waals surface area contributed by atoms with E-state index >= 15 is 0 Å². The number of esters is 1. The van der Waals surface area contributed by atoms with E-state index in [-0.39, 0.29) is 11.9 Å². The highest BCUT2D eigenvalue weighted by molar-refractivity contribution is 6.33. The molecule has 5 nitrogen and oxygen atoms in total. The fourth-order valence-corrected chi connectivity index (χ4v) is 4.08. The molecule has 0 bridgehead atoms. The molecule has 0 aliphatic carbocycles. The van der Waals surface area contributed by atoms with Crippen molar-refractivity contribution in [3.05, 3.63) is 22.9 Å². The second kappa shape index (κ2) is 18.0. The lowest BCUT2D eigenvalue weighted by Gasteiger charge is -2.30. The Hall–Kier alpha value is -1.49. The minimum Gasteiger partial charge on any atom is -0.442 e. The second-order valence-electron chi connectivity index (χ2n) is 8.76. The van der Waals surface area contributed by atoms with Crippen LogP contribution >= 0.6 is 11.6 Å². The third-order valence-corrected chi connectivity index (χ3v) is 6.26. The Labute approximate surface area is 201 Å². The number of ether oxygens (including phenoxy) is 1. The molecule has 0 fully saturated rings. The van der Waals surface area contributed by atoms with Gasteiger partial charge in [0.1, 0.15) is 0 Å². The third-order valence-electron chi connectivity index (χ3n) is 5.91. The standard InChI is InChI=1S/C26H45ClN2O3/c1-4-6-7-8-9-10-11-12-13-14-15-16-17-18-25(30)32-22(3)29-20-19-24(27)23(21-29)26(31)28-5-2/h19-20,22H,4-18,21H2,1-3H3,(H,28,31). The maximum atomic E-state index is 12.2. The van der Waals surface area contributed by atoms with E-state index in [2.05, 4.69) is 12.2 Å². The summed E-state index contributed by atoms with van der Waals surface area (Å²) in [6.45, 7) is 6.82. The van der Waals surface area contributed by atoms with Crippen molar-refractivity contribution in [2.75, 3.05) is 13.1 Å². The van der Waals surface area contributed by atoms with E-state index in [4.69, 9.17) is 16.3 Å². The van der Waals surface area contributed by atoms with E-state index in [0.29, 0.717) is 30.1 Å². The second-order valence-corrected chi connectivity index (χ2v) is 9.16. The molecule has 0 saturated heterocycles. The largest absolute Gasteiger partial charge is 0.442 e. The van der Waals surface area contributed by atoms with E-state index in [9.17, 15) is 9.59 Å². The van der Waals surface area contributed by atoms with E-state index in [1.165, 1.54) is 70.6 Å². The number of amides is 1. The van der Waals surface area contributed by atoms with Crippen LogP contribution in [0.3, 0.4) is 0 Å². The quantitative estimate of drug-likeness (QED) is 0.177. The minimum atomic E-state index is -0.435. The molecule has 1 amide bonds. The summed E-state index contributed by atoms with van der Waals surface area (Å²) in [6.07, 6.45) is 20.1. The first-order chi connectivity index (χ1) is 15.5. The summed E-state index contributed by atoms with van der Waals surface area (Å²) < 4.78 is 5.56. The van der Waals surface area contributed by atoms with Crippen molar-refractivity contribution in [3.63, 3.8) is 0 Å². The van der Waals surface area contributed by atoms with Gasteiger partial charge in [-0.1, -0.05) is 95.6 Å². The fraction of sp³-hybridized carbons (Fsp3) is 0.769. The highest BCUT2D eigenvalue weighted by Gasteiger charge is 2.23. The number of hydrogen-bond acceptors (Lipinski definition) is 4. The lowest BCUT2D eigenvalue weighted by Crippen LogP contribution is -2.39. The molecule has 32 heavy (non-hydrogen) atoms. The van der Waals surface area contributed by atoms with Crippen LogP contribution in [0.25, 0.3) is 0 Å². The molecule has 1 heterocycles. The van der Waals surface area contributed by atoms with E-state index in [1.807, 2.05) is 18.7 Å². The van der Waals surface area contributed by atoms with Crippen LogP contribution in [0.4, 0.5) is 0 Å². The summed E-state index contributed by atoms with van der Waals surface area (Å²) in [5, 5.41) is 3.19. The first-order valence-electron chi connectivity index (χ1n) is 12.8. The number of nitrogens with zero attached hydrogens (tertiary/aromatic N) is 1. The molecular formula is C26H45ClN2O3. The first-order valence-corrected chi connectivity index (χ1v) is 13.2. The Bertz CT molecular complexity index is 604. The van der Waals surface area contributed by atoms with Gasteiger partial charge in [0, 0.05) is 19.2 Å². The zero-order valence-corrected chi connectivity index (χ0v) is 21.4. The maximum absolute atomic E-state index is 12.2. The number of nitrogens with one attached hydrogen (secondary N) is 1. The van der Waals surface area contributed by atoms with Gasteiger partial charge >= 0.3 is 5.97 Å². The zero-order valence-electron chi connectivity index (χ0n) is 20.6. The molecule has 1 atom stereocenters. The average Bonchev–Trinajstić information content (AvgIpc) is 2.77. The van der Waals surface area contributed by atoms with Crippen molar-refractivity contribution in [2.24, 2.45) is 0 Å². The van der Waals surface area contributed by atoms with Crippen LogP contribution in [-0.2, 0) is 14.3 Å². The van der Waals surface area contributed by atoms with Gasteiger partial charge in [-0.25, -0.2) is 0 Å². The molecule has 0 spiro atoms. The van der Waals surface area contributed by atoms with E-state index < -0.39 is 6.23 Å². The van der Waals surface area contributed by atoms with Crippen LogP contribution in [0.15, 0.2) is 22.9 Å². The summed E-state index contributed by atoms with van der Waals surface area (Å²) in [5.74, 6) is -0.369. The van der Waals surface area contributed by atoms with Crippen molar-refractivity contribution in [2.45, 2.75) is 117 Å². The van der Waals surface area contributed by atoms with Gasteiger partial charge in [-0.3, -0.25) is 9.59 Å². The monoisotopic (exact) mass is 468 g/mol. The molecule has 1 aliphatic heterocycles. The number of carbonyl (C=O) groups excluding carboxylic acids is 2. The first kappa shape index (κ1) is 28.5. The molecule has 0 aromatic heterocycles. The predicted molar refractivity (Wildman–Crippen MR) is 133 cm³/mol. The molecule has 0 saturated carbocycles. The number of halogens is 1. The van der Waals surface area contributed by atoms with Crippen molar-refractivity contribution in [3.8, 4) is 0 Å². The summed E-state index contributed by atoms with van der Waals surface area (Å²) in [5.41, 5.74) is 0.496. The third kappa shape index (κ3) is 12.5. The minimum absolute atomic E-state index is 0.183. The summed E-state index contributed by atoms with van der Waals surface area (Å²) in [7, 11) is 0. The number of unbranched alkanes of at least 4 members (excludes halogenated alkanes) is 12. The maximum Gasteiger partial charge on any atom is 0.307 e. The van der Waals surface area contributed by atoms with Gasteiger partial charge in [-0.2, -0.15) is 0 Å². The van der Waals surface area contributed by atoms with Crippen LogP contribution in [0, 0.1) is 0 Å². The molecule has 0 aromatic carbocycles. The lowest BCUT2D eigenvalue weighted by molar-refractivity contribution is -0.155. The number of carbonyl (C=O) groups is 2. The Morgan fingerprint density at radius 1 is 0.969 bits per heavy atom. The number of rotatable bonds is 18.